The van der Waals surface area contributed by atoms with Crippen molar-refractivity contribution >= 4 is 13.8 Å². The highest BCUT2D eigenvalue weighted by atomic mass is 16.3. The highest BCUT2D eigenvalue weighted by Gasteiger charge is 2.17. The van der Waals surface area contributed by atoms with Gasteiger partial charge in [0, 0.05) is 25.2 Å². The zero-order valence-corrected chi connectivity index (χ0v) is 12.3. The molecule has 0 saturated carbocycles. The highest BCUT2D eigenvalue weighted by Crippen LogP contribution is 2.03. The fourth-order valence-electron chi connectivity index (χ4n) is 1.93. The highest BCUT2D eigenvalue weighted by molar-refractivity contribution is 6.19. The summed E-state index contributed by atoms with van der Waals surface area (Å²) >= 11 is 0. The normalized spacial score (nSPS) is 14.4. The van der Waals surface area contributed by atoms with Crippen molar-refractivity contribution in [2.75, 3.05) is 19.7 Å². The lowest BCUT2D eigenvalue weighted by atomic mass is 10.0. The number of nitrogens with zero attached hydrogens (tertiary/aromatic N) is 1. The van der Waals surface area contributed by atoms with Gasteiger partial charge in [-0.25, -0.2) is 0 Å². The van der Waals surface area contributed by atoms with Crippen molar-refractivity contribution in [2.24, 2.45) is 0 Å². The SMILES string of the molecule is [B]CC(=O)N(CCC[C@@H](C)O)C[C@H](CO)NC(C)C. The number of nitrogens with one attached hydrogen (secondary N) is 1. The first-order valence-electron chi connectivity index (χ1n) is 6.93. The van der Waals surface area contributed by atoms with Crippen LogP contribution in [0.5, 0.6) is 0 Å². The molecule has 0 aliphatic rings. The number of hydrogen-bond donors (Lipinski definition) is 3. The summed E-state index contributed by atoms with van der Waals surface area (Å²) in [5.41, 5.74) is 0. The summed E-state index contributed by atoms with van der Waals surface area (Å²) in [6, 6.07) is 0.0893. The smallest absolute Gasteiger partial charge is 0.213 e. The van der Waals surface area contributed by atoms with Crippen molar-refractivity contribution in [1.29, 1.82) is 0 Å². The van der Waals surface area contributed by atoms with Gasteiger partial charge in [0.1, 0.15) is 0 Å². The second-order valence-corrected chi connectivity index (χ2v) is 5.24. The average Bonchev–Trinajstić information content (AvgIpc) is 2.34. The molecule has 0 fully saturated rings. The number of carbonyl (C=O) groups excluding carboxylic acids is 1. The van der Waals surface area contributed by atoms with E-state index in [0.29, 0.717) is 19.5 Å². The van der Waals surface area contributed by atoms with Crippen molar-refractivity contribution < 1.29 is 15.0 Å². The van der Waals surface area contributed by atoms with E-state index in [2.05, 4.69) is 5.32 Å². The lowest BCUT2D eigenvalue weighted by Gasteiger charge is -2.28. The van der Waals surface area contributed by atoms with Crippen molar-refractivity contribution in [3.05, 3.63) is 0 Å². The maximum absolute atomic E-state index is 11.8. The third-order valence-electron chi connectivity index (χ3n) is 2.81. The molecule has 6 heteroatoms. The van der Waals surface area contributed by atoms with Gasteiger partial charge < -0.3 is 20.4 Å². The first-order valence-corrected chi connectivity index (χ1v) is 6.93. The molecule has 2 atom stereocenters. The third kappa shape index (κ3) is 9.02. The lowest BCUT2D eigenvalue weighted by molar-refractivity contribution is -0.129. The van der Waals surface area contributed by atoms with Gasteiger partial charge >= 0.3 is 0 Å². The number of amides is 1. The van der Waals surface area contributed by atoms with Gasteiger partial charge in [-0.3, -0.25) is 4.79 Å². The zero-order valence-electron chi connectivity index (χ0n) is 12.3. The number of aliphatic hydroxyl groups excluding tert-OH is 2. The molecule has 0 bridgehead atoms. The van der Waals surface area contributed by atoms with Crippen LogP contribution in [0.4, 0.5) is 0 Å². The third-order valence-corrected chi connectivity index (χ3v) is 2.81. The number of carbonyl (C=O) groups is 1. The predicted octanol–water partition coefficient (Wildman–Crippen LogP) is -0.0783. The molecule has 0 saturated heterocycles. The molecule has 1 amide bonds. The molecule has 0 heterocycles. The minimum absolute atomic E-state index is 0.0249. The van der Waals surface area contributed by atoms with Gasteiger partial charge in [0.15, 0.2) is 0 Å². The maximum Gasteiger partial charge on any atom is 0.213 e. The quantitative estimate of drug-likeness (QED) is 0.486. The van der Waals surface area contributed by atoms with Crippen LogP contribution in [0.1, 0.15) is 33.6 Å². The van der Waals surface area contributed by atoms with E-state index < -0.39 is 0 Å². The predicted molar refractivity (Wildman–Crippen MR) is 77.2 cm³/mol. The molecule has 3 N–H and O–H groups in total. The van der Waals surface area contributed by atoms with Gasteiger partial charge in [0.25, 0.3) is 0 Å². The van der Waals surface area contributed by atoms with Gasteiger partial charge in [0.05, 0.1) is 20.6 Å². The van der Waals surface area contributed by atoms with Gasteiger partial charge in [-0.2, -0.15) is 0 Å². The van der Waals surface area contributed by atoms with E-state index in [4.69, 9.17) is 7.85 Å². The molecular formula is C13H27BN2O3. The summed E-state index contributed by atoms with van der Waals surface area (Å²) < 4.78 is 0. The van der Waals surface area contributed by atoms with Gasteiger partial charge in [-0.05, 0) is 26.1 Å². The van der Waals surface area contributed by atoms with E-state index in [1.807, 2.05) is 13.8 Å². The Balaban J connectivity index is 4.35. The van der Waals surface area contributed by atoms with Gasteiger partial charge in [0.2, 0.25) is 5.91 Å². The molecule has 0 aromatic carbocycles. The summed E-state index contributed by atoms with van der Waals surface area (Å²) in [5, 5.41) is 21.8. The molecule has 19 heavy (non-hydrogen) atoms. The Morgan fingerprint density at radius 2 is 2.00 bits per heavy atom. The van der Waals surface area contributed by atoms with Crippen molar-refractivity contribution in [2.45, 2.75) is 58.1 Å². The van der Waals surface area contributed by atoms with Gasteiger partial charge in [-0.15, -0.1) is 0 Å². The van der Waals surface area contributed by atoms with Crippen LogP contribution >= 0.6 is 0 Å². The molecule has 5 nitrogen and oxygen atoms in total. The molecule has 0 unspecified atom stereocenters. The van der Waals surface area contributed by atoms with Crippen LogP contribution in [0.15, 0.2) is 0 Å². The van der Waals surface area contributed by atoms with E-state index in [1.54, 1.807) is 11.8 Å². The van der Waals surface area contributed by atoms with Crippen molar-refractivity contribution in [3.8, 4) is 0 Å². The van der Waals surface area contributed by atoms with E-state index in [1.165, 1.54) is 0 Å². The fraction of sp³-hybridized carbons (Fsp3) is 0.923. The summed E-state index contributed by atoms with van der Waals surface area (Å²) in [5.74, 6) is -0.130. The van der Waals surface area contributed by atoms with E-state index in [0.717, 1.165) is 6.42 Å². The Bertz CT molecular complexity index is 250. The summed E-state index contributed by atoms with van der Waals surface area (Å²) in [7, 11) is 5.40. The maximum atomic E-state index is 11.8. The summed E-state index contributed by atoms with van der Waals surface area (Å²) in [6.07, 6.45) is 0.977. The molecule has 110 valence electrons. The van der Waals surface area contributed by atoms with Crippen molar-refractivity contribution in [3.63, 3.8) is 0 Å². The lowest BCUT2D eigenvalue weighted by Crippen LogP contribution is -2.48. The largest absolute Gasteiger partial charge is 0.395 e. The Labute approximate surface area is 117 Å². The zero-order chi connectivity index (χ0) is 14.8. The summed E-state index contributed by atoms with van der Waals surface area (Å²) in [6.45, 7) is 6.67. The molecule has 0 aliphatic carbocycles. The van der Waals surface area contributed by atoms with E-state index in [-0.39, 0.29) is 37.0 Å². The fourth-order valence-corrected chi connectivity index (χ4v) is 1.93. The van der Waals surface area contributed by atoms with Crippen LogP contribution in [0.2, 0.25) is 6.32 Å². The molecular weight excluding hydrogens is 243 g/mol. The minimum atomic E-state index is -0.364. The van der Waals surface area contributed by atoms with Gasteiger partial charge in [-0.1, -0.05) is 13.8 Å². The molecule has 0 aromatic heterocycles. The molecule has 0 aromatic rings. The molecule has 2 radical (unpaired) electrons. The Kier molecular flexibility index (Phi) is 9.92. The van der Waals surface area contributed by atoms with E-state index >= 15 is 0 Å². The van der Waals surface area contributed by atoms with Crippen LogP contribution in [0, 0.1) is 0 Å². The molecule has 0 rings (SSSR count). The Hall–Kier alpha value is -0.585. The summed E-state index contributed by atoms with van der Waals surface area (Å²) in [4.78, 5) is 13.4. The second kappa shape index (κ2) is 10.2. The standard InChI is InChI=1S/C13H27BN2O3/c1-10(2)15-12(9-17)8-16(13(19)7-14)6-4-5-11(3)18/h10-12,15,17-18H,4-9H2,1-3H3/t11-,12-/m1/s1. The number of hydrogen-bond acceptors (Lipinski definition) is 4. The monoisotopic (exact) mass is 270 g/mol. The van der Waals surface area contributed by atoms with Crippen LogP contribution in [0.3, 0.4) is 0 Å². The van der Waals surface area contributed by atoms with Crippen LogP contribution < -0.4 is 5.32 Å². The number of rotatable bonds is 10. The van der Waals surface area contributed by atoms with E-state index in [9.17, 15) is 15.0 Å². The Morgan fingerprint density at radius 3 is 2.42 bits per heavy atom. The van der Waals surface area contributed by atoms with Crippen LogP contribution in [-0.4, -0.2) is 66.8 Å². The first kappa shape index (κ1) is 18.4. The second-order valence-electron chi connectivity index (χ2n) is 5.24. The molecule has 0 spiro atoms. The van der Waals surface area contributed by atoms with Crippen LogP contribution in [0.25, 0.3) is 0 Å². The first-order chi connectivity index (χ1) is 8.90. The molecule has 0 aliphatic heterocycles. The minimum Gasteiger partial charge on any atom is -0.395 e. The van der Waals surface area contributed by atoms with Crippen molar-refractivity contribution in [1.82, 2.24) is 10.2 Å². The average molecular weight is 270 g/mol. The Morgan fingerprint density at radius 1 is 1.37 bits per heavy atom. The number of aliphatic hydroxyl groups is 2. The van der Waals surface area contributed by atoms with Crippen LogP contribution in [-0.2, 0) is 4.79 Å². The topological polar surface area (TPSA) is 72.8 Å².